The van der Waals surface area contributed by atoms with Gasteiger partial charge in [-0.05, 0) is 44.2 Å². The van der Waals surface area contributed by atoms with E-state index in [1.807, 2.05) is 11.8 Å². The van der Waals surface area contributed by atoms with Crippen molar-refractivity contribution in [1.82, 2.24) is 5.32 Å². The minimum Gasteiger partial charge on any atom is -0.369 e. The molecule has 1 N–H and O–H groups in total. The Hall–Kier alpha value is -0.670. The van der Waals surface area contributed by atoms with Crippen molar-refractivity contribution in [2.45, 2.75) is 49.0 Å². The molecule has 1 heterocycles. The largest absolute Gasteiger partial charge is 0.369 e. The summed E-state index contributed by atoms with van der Waals surface area (Å²) < 4.78 is 0. The molecular weight excluding hydrogens is 264 g/mol. The van der Waals surface area contributed by atoms with E-state index < -0.39 is 0 Å². The molecule has 1 saturated heterocycles. The zero-order valence-corrected chi connectivity index (χ0v) is 13.3. The molecule has 1 aromatic carbocycles. The van der Waals surface area contributed by atoms with Crippen LogP contribution in [0.3, 0.4) is 0 Å². The number of hydrogen-bond acceptors (Lipinski definition) is 3. The first-order chi connectivity index (χ1) is 9.83. The molecule has 2 fully saturated rings. The van der Waals surface area contributed by atoms with Crippen LogP contribution in [0.1, 0.15) is 38.5 Å². The highest BCUT2D eigenvalue weighted by atomic mass is 32.2. The summed E-state index contributed by atoms with van der Waals surface area (Å²) in [6, 6.07) is 8.89. The van der Waals surface area contributed by atoms with Crippen molar-refractivity contribution < 1.29 is 0 Å². The van der Waals surface area contributed by atoms with Crippen molar-refractivity contribution in [1.29, 1.82) is 0 Å². The highest BCUT2D eigenvalue weighted by Gasteiger charge is 2.35. The van der Waals surface area contributed by atoms with Gasteiger partial charge in [0.05, 0.1) is 5.69 Å². The summed E-state index contributed by atoms with van der Waals surface area (Å²) in [4.78, 5) is 4.05. The summed E-state index contributed by atoms with van der Waals surface area (Å²) in [6.45, 7) is 3.55. The van der Waals surface area contributed by atoms with Gasteiger partial charge >= 0.3 is 0 Å². The van der Waals surface area contributed by atoms with Crippen LogP contribution < -0.4 is 10.2 Å². The van der Waals surface area contributed by atoms with Crippen LogP contribution in [0.5, 0.6) is 0 Å². The van der Waals surface area contributed by atoms with Gasteiger partial charge in [0.25, 0.3) is 0 Å². The lowest BCUT2D eigenvalue weighted by atomic mass is 9.81. The van der Waals surface area contributed by atoms with E-state index in [2.05, 4.69) is 40.7 Å². The van der Waals surface area contributed by atoms with Gasteiger partial charge in [-0.1, -0.05) is 31.4 Å². The van der Waals surface area contributed by atoms with E-state index in [0.29, 0.717) is 5.54 Å². The van der Waals surface area contributed by atoms with Crippen molar-refractivity contribution >= 4 is 17.4 Å². The van der Waals surface area contributed by atoms with Crippen LogP contribution in [0.15, 0.2) is 29.2 Å². The molecule has 1 aliphatic carbocycles. The molecule has 3 rings (SSSR count). The summed E-state index contributed by atoms with van der Waals surface area (Å²) in [7, 11) is 0. The van der Waals surface area contributed by atoms with Gasteiger partial charge in [0.1, 0.15) is 0 Å². The molecule has 1 spiro atoms. The molecular formula is C17H26N2S. The van der Waals surface area contributed by atoms with Crippen LogP contribution in [0.25, 0.3) is 0 Å². The van der Waals surface area contributed by atoms with Crippen molar-refractivity contribution in [3.63, 3.8) is 0 Å². The van der Waals surface area contributed by atoms with Gasteiger partial charge in [0.15, 0.2) is 0 Å². The molecule has 0 unspecified atom stereocenters. The third-order valence-corrected chi connectivity index (χ3v) is 5.62. The molecule has 0 bridgehead atoms. The van der Waals surface area contributed by atoms with Crippen molar-refractivity contribution in [2.75, 3.05) is 30.8 Å². The van der Waals surface area contributed by atoms with Gasteiger partial charge in [-0.25, -0.2) is 0 Å². The Morgan fingerprint density at radius 2 is 1.90 bits per heavy atom. The number of nitrogens with one attached hydrogen (secondary N) is 1. The fourth-order valence-corrected chi connectivity index (χ4v) is 4.40. The predicted octanol–water partition coefficient (Wildman–Crippen LogP) is 3.91. The highest BCUT2D eigenvalue weighted by molar-refractivity contribution is 7.98. The topological polar surface area (TPSA) is 15.3 Å². The minimum atomic E-state index is 0.375. The SMILES string of the molecule is CSc1ccccc1N1CCCNC2(CCCCC2)C1. The number of para-hydroxylation sites is 1. The van der Waals surface area contributed by atoms with E-state index in [9.17, 15) is 0 Å². The van der Waals surface area contributed by atoms with Crippen LogP contribution in [-0.4, -0.2) is 31.4 Å². The third kappa shape index (κ3) is 2.99. The highest BCUT2D eigenvalue weighted by Crippen LogP contribution is 2.35. The van der Waals surface area contributed by atoms with Gasteiger partial charge < -0.3 is 10.2 Å². The van der Waals surface area contributed by atoms with E-state index in [1.54, 1.807) is 0 Å². The predicted molar refractivity (Wildman–Crippen MR) is 88.9 cm³/mol. The summed E-state index contributed by atoms with van der Waals surface area (Å²) in [5, 5.41) is 3.89. The van der Waals surface area contributed by atoms with E-state index in [4.69, 9.17) is 0 Å². The number of hydrogen-bond donors (Lipinski definition) is 1. The molecule has 0 radical (unpaired) electrons. The Labute approximate surface area is 127 Å². The minimum absolute atomic E-state index is 0.375. The monoisotopic (exact) mass is 290 g/mol. The summed E-state index contributed by atoms with van der Waals surface area (Å²) >= 11 is 1.87. The third-order valence-electron chi connectivity index (χ3n) is 4.83. The number of rotatable bonds is 2. The fourth-order valence-electron chi connectivity index (χ4n) is 3.78. The Bertz CT molecular complexity index is 440. The van der Waals surface area contributed by atoms with Gasteiger partial charge in [0, 0.05) is 23.5 Å². The average molecular weight is 290 g/mol. The second kappa shape index (κ2) is 6.40. The maximum absolute atomic E-state index is 3.89. The second-order valence-electron chi connectivity index (χ2n) is 6.21. The molecule has 3 heteroatoms. The lowest BCUT2D eigenvalue weighted by Gasteiger charge is -2.41. The number of benzene rings is 1. The molecule has 2 aliphatic rings. The van der Waals surface area contributed by atoms with Crippen LogP contribution in [0.2, 0.25) is 0 Å². The zero-order chi connectivity index (χ0) is 13.8. The Balaban J connectivity index is 1.84. The zero-order valence-electron chi connectivity index (χ0n) is 12.5. The lowest BCUT2D eigenvalue weighted by Crippen LogP contribution is -2.52. The van der Waals surface area contributed by atoms with Crippen molar-refractivity contribution in [3.05, 3.63) is 24.3 Å². The lowest BCUT2D eigenvalue weighted by molar-refractivity contribution is 0.246. The quantitative estimate of drug-likeness (QED) is 0.831. The van der Waals surface area contributed by atoms with Gasteiger partial charge in [0.2, 0.25) is 0 Å². The summed E-state index contributed by atoms with van der Waals surface area (Å²) in [5.74, 6) is 0. The van der Waals surface area contributed by atoms with Gasteiger partial charge in [-0.3, -0.25) is 0 Å². The first-order valence-electron chi connectivity index (χ1n) is 7.96. The maximum Gasteiger partial charge on any atom is 0.0504 e. The number of nitrogens with zero attached hydrogens (tertiary/aromatic N) is 1. The van der Waals surface area contributed by atoms with Crippen molar-refractivity contribution in [3.8, 4) is 0 Å². The van der Waals surface area contributed by atoms with Gasteiger partial charge in [-0.15, -0.1) is 11.8 Å². The summed E-state index contributed by atoms with van der Waals surface area (Å²) in [5.41, 5.74) is 1.81. The van der Waals surface area contributed by atoms with Crippen LogP contribution in [0, 0.1) is 0 Å². The smallest absolute Gasteiger partial charge is 0.0504 e. The van der Waals surface area contributed by atoms with Crippen LogP contribution >= 0.6 is 11.8 Å². The first kappa shape index (κ1) is 14.3. The normalized spacial score (nSPS) is 22.8. The fraction of sp³-hybridized carbons (Fsp3) is 0.647. The van der Waals surface area contributed by atoms with Crippen LogP contribution in [0.4, 0.5) is 5.69 Å². The summed E-state index contributed by atoms with van der Waals surface area (Å²) in [6.07, 6.45) is 10.4. The molecule has 20 heavy (non-hydrogen) atoms. The molecule has 0 aromatic heterocycles. The van der Waals surface area contributed by atoms with E-state index in [1.165, 1.54) is 68.7 Å². The molecule has 1 saturated carbocycles. The molecule has 110 valence electrons. The molecule has 2 nitrogen and oxygen atoms in total. The van der Waals surface area contributed by atoms with E-state index >= 15 is 0 Å². The van der Waals surface area contributed by atoms with Gasteiger partial charge in [-0.2, -0.15) is 0 Å². The standard InChI is InChI=1S/C17H26N2S/c1-20-16-9-4-3-8-15(16)19-13-7-12-18-17(14-19)10-5-2-6-11-17/h3-4,8-9,18H,2,5-7,10-14H2,1H3. The Morgan fingerprint density at radius 1 is 1.10 bits per heavy atom. The second-order valence-corrected chi connectivity index (χ2v) is 7.06. The molecule has 0 amide bonds. The first-order valence-corrected chi connectivity index (χ1v) is 9.18. The van der Waals surface area contributed by atoms with E-state index in [0.717, 1.165) is 0 Å². The van der Waals surface area contributed by atoms with E-state index in [-0.39, 0.29) is 0 Å². The molecule has 1 aromatic rings. The molecule has 1 aliphatic heterocycles. The van der Waals surface area contributed by atoms with Crippen LogP contribution in [-0.2, 0) is 0 Å². The molecule has 0 atom stereocenters. The van der Waals surface area contributed by atoms with Crippen molar-refractivity contribution in [2.24, 2.45) is 0 Å². The number of anilines is 1. The Morgan fingerprint density at radius 3 is 2.70 bits per heavy atom. The maximum atomic E-state index is 3.89. The average Bonchev–Trinajstić information content (AvgIpc) is 2.71. The Kier molecular flexibility index (Phi) is 4.57. The number of thioether (sulfide) groups is 1.